The lowest BCUT2D eigenvalue weighted by Gasteiger charge is -2.32. The van der Waals surface area contributed by atoms with E-state index in [1.54, 1.807) is 12.1 Å². The van der Waals surface area contributed by atoms with Crippen LogP contribution < -0.4 is 0 Å². The molecule has 0 aliphatic carbocycles. The fourth-order valence-corrected chi connectivity index (χ4v) is 4.85. The van der Waals surface area contributed by atoms with Gasteiger partial charge in [-0.3, -0.25) is 9.59 Å². The predicted molar refractivity (Wildman–Crippen MR) is 126 cm³/mol. The van der Waals surface area contributed by atoms with Crippen molar-refractivity contribution in [2.24, 2.45) is 5.92 Å². The number of ether oxygens (including phenoxy) is 1. The summed E-state index contributed by atoms with van der Waals surface area (Å²) >= 11 is 0. The van der Waals surface area contributed by atoms with Gasteiger partial charge in [0.25, 0.3) is 0 Å². The number of carbonyl (C=O) groups is 2. The second kappa shape index (κ2) is 10.2. The van der Waals surface area contributed by atoms with Crippen LogP contribution in [0.2, 0.25) is 0 Å². The van der Waals surface area contributed by atoms with E-state index in [1.165, 1.54) is 12.1 Å². The molecule has 2 heterocycles. The first-order valence-electron chi connectivity index (χ1n) is 11.8. The van der Waals surface area contributed by atoms with Gasteiger partial charge in [0.15, 0.2) is 0 Å². The molecule has 1 atom stereocenters. The monoisotopic (exact) mass is 450 g/mol. The lowest BCUT2D eigenvalue weighted by molar-refractivity contribution is -0.151. The number of aryl methyl sites for hydroxylation is 1. The number of piperidine rings is 1. The minimum absolute atomic E-state index is 0.0555. The second-order valence-electron chi connectivity index (χ2n) is 8.60. The Kier molecular flexibility index (Phi) is 7.11. The van der Waals surface area contributed by atoms with Crippen molar-refractivity contribution in [3.8, 4) is 0 Å². The molecule has 1 aliphatic heterocycles. The van der Waals surface area contributed by atoms with Gasteiger partial charge in [-0.05, 0) is 56.0 Å². The summed E-state index contributed by atoms with van der Waals surface area (Å²) in [6.45, 7) is 6.21. The van der Waals surface area contributed by atoms with Gasteiger partial charge < -0.3 is 14.2 Å². The standard InChI is InChI=1S/C27H31FN2O3/c1-3-29-18-24(22-7-5-6-8-25(22)29)23(19-9-11-21(28)12-10-19)17-26(31)30-15-13-20(14-16-30)27(32)33-4-2/h5-12,18,20,23H,3-4,13-17H2,1-2H3. The highest BCUT2D eigenvalue weighted by atomic mass is 19.1. The van der Waals surface area contributed by atoms with Crippen LogP contribution in [0, 0.1) is 11.7 Å². The normalized spacial score (nSPS) is 15.5. The van der Waals surface area contributed by atoms with Crippen LogP contribution in [-0.2, 0) is 20.9 Å². The molecule has 1 aromatic heterocycles. The highest BCUT2D eigenvalue weighted by molar-refractivity contribution is 5.87. The molecular formula is C27H31FN2O3. The Labute approximate surface area is 194 Å². The van der Waals surface area contributed by atoms with Gasteiger partial charge in [-0.25, -0.2) is 4.39 Å². The number of likely N-dealkylation sites (tertiary alicyclic amines) is 1. The van der Waals surface area contributed by atoms with Crippen LogP contribution in [-0.4, -0.2) is 41.0 Å². The van der Waals surface area contributed by atoms with E-state index < -0.39 is 0 Å². The van der Waals surface area contributed by atoms with Gasteiger partial charge in [0.1, 0.15) is 5.82 Å². The minimum Gasteiger partial charge on any atom is -0.466 e. The second-order valence-corrected chi connectivity index (χ2v) is 8.60. The molecule has 3 aromatic rings. The van der Waals surface area contributed by atoms with Crippen molar-refractivity contribution >= 4 is 22.8 Å². The van der Waals surface area contributed by atoms with E-state index in [9.17, 15) is 14.0 Å². The number of hydrogen-bond acceptors (Lipinski definition) is 3. The number of benzene rings is 2. The summed E-state index contributed by atoms with van der Waals surface area (Å²) < 4.78 is 21.0. The zero-order chi connectivity index (χ0) is 23.4. The summed E-state index contributed by atoms with van der Waals surface area (Å²) in [5.74, 6) is -0.718. The van der Waals surface area contributed by atoms with E-state index in [0.29, 0.717) is 39.0 Å². The van der Waals surface area contributed by atoms with Crippen molar-refractivity contribution in [3.05, 3.63) is 71.7 Å². The number of para-hydroxylation sites is 1. The summed E-state index contributed by atoms with van der Waals surface area (Å²) in [6.07, 6.45) is 3.67. The van der Waals surface area contributed by atoms with E-state index in [-0.39, 0.29) is 29.5 Å². The van der Waals surface area contributed by atoms with Crippen LogP contribution in [0.5, 0.6) is 0 Å². The number of carbonyl (C=O) groups excluding carboxylic acids is 2. The third-order valence-corrected chi connectivity index (χ3v) is 6.65. The van der Waals surface area contributed by atoms with E-state index in [0.717, 1.165) is 28.6 Å². The molecule has 4 rings (SSSR count). The summed E-state index contributed by atoms with van der Waals surface area (Å²) in [6, 6.07) is 14.7. The maximum atomic E-state index is 13.7. The first-order chi connectivity index (χ1) is 16.0. The van der Waals surface area contributed by atoms with Crippen LogP contribution in [0.15, 0.2) is 54.7 Å². The van der Waals surface area contributed by atoms with Crippen molar-refractivity contribution in [2.45, 2.75) is 45.6 Å². The molecule has 0 bridgehead atoms. The fourth-order valence-electron chi connectivity index (χ4n) is 4.85. The van der Waals surface area contributed by atoms with Crippen LogP contribution in [0.25, 0.3) is 10.9 Å². The van der Waals surface area contributed by atoms with Gasteiger partial charge in [0.05, 0.1) is 12.5 Å². The van der Waals surface area contributed by atoms with Crippen molar-refractivity contribution < 1.29 is 18.7 Å². The summed E-state index contributed by atoms with van der Waals surface area (Å²) in [5.41, 5.74) is 3.13. The maximum absolute atomic E-state index is 13.7. The van der Waals surface area contributed by atoms with E-state index in [1.807, 2.05) is 24.0 Å². The molecule has 1 saturated heterocycles. The molecule has 33 heavy (non-hydrogen) atoms. The van der Waals surface area contributed by atoms with Crippen molar-refractivity contribution in [3.63, 3.8) is 0 Å². The van der Waals surface area contributed by atoms with Gasteiger partial charge in [-0.15, -0.1) is 0 Å². The molecule has 2 aromatic carbocycles. The van der Waals surface area contributed by atoms with E-state index in [4.69, 9.17) is 4.74 Å². The largest absolute Gasteiger partial charge is 0.466 e. The third-order valence-electron chi connectivity index (χ3n) is 6.65. The number of amides is 1. The van der Waals surface area contributed by atoms with Crippen molar-refractivity contribution in [2.75, 3.05) is 19.7 Å². The van der Waals surface area contributed by atoms with E-state index >= 15 is 0 Å². The molecule has 5 nitrogen and oxygen atoms in total. The van der Waals surface area contributed by atoms with Crippen LogP contribution >= 0.6 is 0 Å². The zero-order valence-corrected chi connectivity index (χ0v) is 19.3. The first kappa shape index (κ1) is 23.0. The number of fused-ring (bicyclic) bond motifs is 1. The summed E-state index contributed by atoms with van der Waals surface area (Å²) in [4.78, 5) is 27.3. The molecular weight excluding hydrogens is 419 g/mol. The average Bonchev–Trinajstić information content (AvgIpc) is 3.22. The number of esters is 1. The number of halogens is 1. The Morgan fingerprint density at radius 3 is 2.42 bits per heavy atom. The van der Waals surface area contributed by atoms with Gasteiger partial charge >= 0.3 is 5.97 Å². The Balaban J connectivity index is 1.59. The maximum Gasteiger partial charge on any atom is 0.309 e. The topological polar surface area (TPSA) is 51.5 Å². The molecule has 0 N–H and O–H groups in total. The molecule has 174 valence electrons. The van der Waals surface area contributed by atoms with Crippen LogP contribution in [0.3, 0.4) is 0 Å². The predicted octanol–water partition coefficient (Wildman–Crippen LogP) is 5.12. The van der Waals surface area contributed by atoms with Crippen molar-refractivity contribution in [1.29, 1.82) is 0 Å². The van der Waals surface area contributed by atoms with E-state index in [2.05, 4.69) is 29.8 Å². The summed E-state index contributed by atoms with van der Waals surface area (Å²) in [7, 11) is 0. The Morgan fingerprint density at radius 2 is 1.76 bits per heavy atom. The quantitative estimate of drug-likeness (QED) is 0.469. The molecule has 0 spiro atoms. The van der Waals surface area contributed by atoms with Gasteiger partial charge in [-0.1, -0.05) is 30.3 Å². The van der Waals surface area contributed by atoms with Gasteiger partial charge in [0, 0.05) is 49.1 Å². The molecule has 1 unspecified atom stereocenters. The lowest BCUT2D eigenvalue weighted by Crippen LogP contribution is -2.41. The Bertz CT molecular complexity index is 1110. The number of hydrogen-bond donors (Lipinski definition) is 0. The van der Waals surface area contributed by atoms with Crippen LogP contribution in [0.1, 0.15) is 50.2 Å². The molecule has 6 heteroatoms. The number of rotatable bonds is 7. The van der Waals surface area contributed by atoms with Gasteiger partial charge in [-0.2, -0.15) is 0 Å². The highest BCUT2D eigenvalue weighted by Gasteiger charge is 2.30. The molecule has 0 saturated carbocycles. The number of aromatic nitrogens is 1. The number of nitrogens with zero attached hydrogens (tertiary/aromatic N) is 2. The average molecular weight is 451 g/mol. The highest BCUT2D eigenvalue weighted by Crippen LogP contribution is 2.35. The Morgan fingerprint density at radius 1 is 1.06 bits per heavy atom. The molecule has 0 radical (unpaired) electrons. The molecule has 1 fully saturated rings. The molecule has 1 amide bonds. The first-order valence-corrected chi connectivity index (χ1v) is 11.8. The fraction of sp³-hybridized carbons (Fsp3) is 0.407. The smallest absolute Gasteiger partial charge is 0.309 e. The Hall–Kier alpha value is -3.15. The minimum atomic E-state index is -0.291. The van der Waals surface area contributed by atoms with Crippen molar-refractivity contribution in [1.82, 2.24) is 9.47 Å². The SMILES string of the molecule is CCOC(=O)C1CCN(C(=O)CC(c2ccc(F)cc2)c2cn(CC)c3ccccc23)CC1. The summed E-state index contributed by atoms with van der Waals surface area (Å²) in [5, 5.41) is 1.11. The van der Waals surface area contributed by atoms with Crippen LogP contribution in [0.4, 0.5) is 4.39 Å². The molecule has 1 aliphatic rings. The lowest BCUT2D eigenvalue weighted by atomic mass is 9.87. The third kappa shape index (κ3) is 4.95. The van der Waals surface area contributed by atoms with Gasteiger partial charge in [0.2, 0.25) is 5.91 Å². The zero-order valence-electron chi connectivity index (χ0n) is 19.3.